The summed E-state index contributed by atoms with van der Waals surface area (Å²) in [5.74, 6) is 1.90. The van der Waals surface area contributed by atoms with Crippen LogP contribution in [-0.2, 0) is 24.3 Å². The molecule has 0 spiro atoms. The molecule has 1 fully saturated rings. The van der Waals surface area contributed by atoms with E-state index in [-0.39, 0.29) is 6.42 Å². The van der Waals surface area contributed by atoms with Gasteiger partial charge in [0.05, 0.1) is 12.8 Å². The average molecular weight is 475 g/mol. The topological polar surface area (TPSA) is 120 Å². The fraction of sp³-hybridized carbons (Fsp3) is 0.385. The molecule has 0 unspecified atom stereocenters. The second-order valence-electron chi connectivity index (χ2n) is 9.19. The molecule has 35 heavy (non-hydrogen) atoms. The Morgan fingerprint density at radius 3 is 2.66 bits per heavy atom. The smallest absolute Gasteiger partial charge is 0.311 e. The first kappa shape index (κ1) is 22.9. The van der Waals surface area contributed by atoms with Crippen LogP contribution in [0.15, 0.2) is 47.1 Å². The molecule has 3 N–H and O–H groups in total. The van der Waals surface area contributed by atoms with E-state index in [0.29, 0.717) is 47.8 Å². The van der Waals surface area contributed by atoms with Gasteiger partial charge < -0.3 is 24.7 Å². The Morgan fingerprint density at radius 1 is 1.14 bits per heavy atom. The fourth-order valence-corrected chi connectivity index (χ4v) is 4.75. The third-order valence-electron chi connectivity index (χ3n) is 6.54. The van der Waals surface area contributed by atoms with Gasteiger partial charge in [0.2, 0.25) is 5.95 Å². The highest BCUT2D eigenvalue weighted by atomic mass is 16.4. The Labute approximate surface area is 203 Å². The summed E-state index contributed by atoms with van der Waals surface area (Å²) in [5, 5.41) is 12.5. The molecule has 1 aliphatic carbocycles. The number of carboxylic acids is 1. The number of rotatable bonds is 9. The maximum atomic E-state index is 11.2. The number of aromatic nitrogens is 4. The van der Waals surface area contributed by atoms with Gasteiger partial charge in [-0.05, 0) is 42.0 Å². The van der Waals surface area contributed by atoms with Crippen molar-refractivity contribution in [2.24, 2.45) is 0 Å². The molecule has 0 radical (unpaired) electrons. The molecule has 1 saturated carbocycles. The number of aromatic amines is 1. The molecular formula is C26H30N6O3. The maximum absolute atomic E-state index is 11.2. The summed E-state index contributed by atoms with van der Waals surface area (Å²) in [5.41, 5.74) is 3.59. The number of benzene rings is 1. The highest BCUT2D eigenvalue weighted by Crippen LogP contribution is 2.32. The number of nitrogens with one attached hydrogen (secondary N) is 2. The maximum Gasteiger partial charge on any atom is 0.311 e. The molecule has 0 atom stereocenters. The first-order valence-electron chi connectivity index (χ1n) is 12.1. The van der Waals surface area contributed by atoms with Crippen LogP contribution in [0.1, 0.15) is 60.7 Å². The van der Waals surface area contributed by atoms with Crippen molar-refractivity contribution in [1.29, 1.82) is 0 Å². The van der Waals surface area contributed by atoms with Crippen LogP contribution in [0.4, 0.5) is 11.8 Å². The van der Waals surface area contributed by atoms with Crippen LogP contribution in [0, 0.1) is 0 Å². The van der Waals surface area contributed by atoms with Gasteiger partial charge in [0, 0.05) is 13.6 Å². The molecule has 9 heteroatoms. The van der Waals surface area contributed by atoms with Gasteiger partial charge in [-0.3, -0.25) is 4.79 Å². The summed E-state index contributed by atoms with van der Waals surface area (Å²) in [6, 6.07) is 12.6. The minimum absolute atomic E-state index is 0.214. The number of H-pyrrole nitrogens is 1. The van der Waals surface area contributed by atoms with Crippen molar-refractivity contribution in [2.75, 3.05) is 17.3 Å². The van der Waals surface area contributed by atoms with Crippen molar-refractivity contribution < 1.29 is 14.3 Å². The Hall–Kier alpha value is -3.88. The van der Waals surface area contributed by atoms with Gasteiger partial charge in [-0.1, -0.05) is 43.5 Å². The van der Waals surface area contributed by atoms with E-state index < -0.39 is 5.97 Å². The van der Waals surface area contributed by atoms with Crippen molar-refractivity contribution in [3.63, 3.8) is 0 Å². The summed E-state index contributed by atoms with van der Waals surface area (Å²) >= 11 is 0. The number of carbonyl (C=O) groups is 1. The number of hydrogen-bond acceptors (Lipinski definition) is 7. The fourth-order valence-electron chi connectivity index (χ4n) is 4.75. The van der Waals surface area contributed by atoms with Crippen LogP contribution in [0.2, 0.25) is 0 Å². The third-order valence-corrected chi connectivity index (χ3v) is 6.54. The molecule has 3 heterocycles. The molecule has 182 valence electrons. The van der Waals surface area contributed by atoms with E-state index in [0.717, 1.165) is 11.3 Å². The zero-order chi connectivity index (χ0) is 24.2. The Kier molecular flexibility index (Phi) is 6.65. The molecule has 1 aliphatic rings. The van der Waals surface area contributed by atoms with Gasteiger partial charge in [0.15, 0.2) is 11.5 Å². The average Bonchev–Trinajstić information content (AvgIpc) is 3.52. The van der Waals surface area contributed by atoms with Crippen molar-refractivity contribution in [3.8, 4) is 0 Å². The van der Waals surface area contributed by atoms with E-state index in [2.05, 4.69) is 44.5 Å². The second-order valence-corrected chi connectivity index (χ2v) is 9.19. The Morgan fingerprint density at radius 2 is 1.94 bits per heavy atom. The Bertz CT molecular complexity index is 1280. The number of nitrogens with zero attached hydrogens (tertiary/aromatic N) is 4. The Balaban J connectivity index is 1.36. The SMILES string of the molecule is CN(Cc1ccco1)c1nc(NCc2ccc(C3CCCCC3)cc2)nc2nc(CC(=O)O)[nH]c12. The predicted octanol–water partition coefficient (Wildman–Crippen LogP) is 4.87. The standard InChI is InChI=1S/C26H30N6O3/c1-32(16-20-8-5-13-35-20)25-23-24(29-21(28-23)14-22(33)34)30-26(31-25)27-15-17-9-11-19(12-10-17)18-6-3-2-4-7-18/h5,8-13,18H,2-4,6-7,14-16H2,1H3,(H,33,34)(H2,27,28,29,30,31). The lowest BCUT2D eigenvalue weighted by Crippen LogP contribution is -2.19. The largest absolute Gasteiger partial charge is 0.481 e. The van der Waals surface area contributed by atoms with Crippen molar-refractivity contribution in [2.45, 2.75) is 57.5 Å². The molecule has 4 aromatic rings. The zero-order valence-electron chi connectivity index (χ0n) is 19.8. The molecule has 0 saturated heterocycles. The van der Waals surface area contributed by atoms with E-state index >= 15 is 0 Å². The molecule has 3 aromatic heterocycles. The van der Waals surface area contributed by atoms with Crippen LogP contribution in [0.25, 0.3) is 11.2 Å². The van der Waals surface area contributed by atoms with Crippen molar-refractivity contribution >= 4 is 28.9 Å². The quantitative estimate of drug-likeness (QED) is 0.314. The van der Waals surface area contributed by atoms with Gasteiger partial charge in [-0.2, -0.15) is 9.97 Å². The van der Waals surface area contributed by atoms with Crippen LogP contribution in [0.5, 0.6) is 0 Å². The van der Waals surface area contributed by atoms with Crippen LogP contribution in [-0.4, -0.2) is 38.1 Å². The molecule has 1 aromatic carbocycles. The van der Waals surface area contributed by atoms with E-state index in [4.69, 9.17) is 9.40 Å². The lowest BCUT2D eigenvalue weighted by molar-refractivity contribution is -0.136. The second kappa shape index (κ2) is 10.2. The number of anilines is 2. The van der Waals surface area contributed by atoms with Gasteiger partial charge in [0.1, 0.15) is 23.5 Å². The number of carboxylic acid groups (broad SMARTS) is 1. The molecule has 0 bridgehead atoms. The third kappa shape index (κ3) is 5.45. The van der Waals surface area contributed by atoms with E-state index in [1.54, 1.807) is 6.26 Å². The lowest BCUT2D eigenvalue weighted by atomic mass is 9.84. The van der Waals surface area contributed by atoms with Crippen LogP contribution in [0.3, 0.4) is 0 Å². The summed E-state index contributed by atoms with van der Waals surface area (Å²) < 4.78 is 5.48. The van der Waals surface area contributed by atoms with Crippen molar-refractivity contribution in [3.05, 3.63) is 65.4 Å². The summed E-state index contributed by atoms with van der Waals surface area (Å²) in [4.78, 5) is 29.9. The minimum atomic E-state index is -0.961. The molecular weight excluding hydrogens is 444 g/mol. The summed E-state index contributed by atoms with van der Waals surface area (Å²) in [6.07, 6.45) is 7.99. The lowest BCUT2D eigenvalue weighted by Gasteiger charge is -2.22. The van der Waals surface area contributed by atoms with Gasteiger partial charge in [-0.25, -0.2) is 4.98 Å². The van der Waals surface area contributed by atoms with Crippen molar-refractivity contribution in [1.82, 2.24) is 19.9 Å². The molecule has 0 amide bonds. The van der Waals surface area contributed by atoms with Gasteiger partial charge in [-0.15, -0.1) is 0 Å². The zero-order valence-corrected chi connectivity index (χ0v) is 19.8. The van der Waals surface area contributed by atoms with E-state index in [1.165, 1.54) is 37.7 Å². The van der Waals surface area contributed by atoms with Crippen LogP contribution >= 0.6 is 0 Å². The number of hydrogen-bond donors (Lipinski definition) is 3. The number of imidazole rings is 1. The molecule has 0 aliphatic heterocycles. The van der Waals surface area contributed by atoms with E-state index in [1.807, 2.05) is 24.1 Å². The number of fused-ring (bicyclic) bond motifs is 1. The summed E-state index contributed by atoms with van der Waals surface area (Å²) in [7, 11) is 1.90. The highest BCUT2D eigenvalue weighted by Gasteiger charge is 2.18. The number of aliphatic carboxylic acids is 1. The van der Waals surface area contributed by atoms with E-state index in [9.17, 15) is 9.90 Å². The first-order valence-corrected chi connectivity index (χ1v) is 12.1. The van der Waals surface area contributed by atoms with Gasteiger partial charge >= 0.3 is 5.97 Å². The normalized spacial score (nSPS) is 14.3. The number of furan rings is 1. The summed E-state index contributed by atoms with van der Waals surface area (Å²) in [6.45, 7) is 1.07. The van der Waals surface area contributed by atoms with Crippen LogP contribution < -0.4 is 10.2 Å². The predicted molar refractivity (Wildman–Crippen MR) is 133 cm³/mol. The van der Waals surface area contributed by atoms with Gasteiger partial charge in [0.25, 0.3) is 0 Å². The monoisotopic (exact) mass is 474 g/mol. The first-order chi connectivity index (χ1) is 17.0. The highest BCUT2D eigenvalue weighted by molar-refractivity contribution is 5.85. The minimum Gasteiger partial charge on any atom is -0.481 e. The molecule has 9 nitrogen and oxygen atoms in total. The molecule has 5 rings (SSSR count).